The second-order valence-electron chi connectivity index (χ2n) is 7.80. The fourth-order valence-corrected chi connectivity index (χ4v) is 3.50. The summed E-state index contributed by atoms with van der Waals surface area (Å²) >= 11 is 0. The Bertz CT molecular complexity index is 1360. The second-order valence-corrected chi connectivity index (χ2v) is 7.80. The monoisotopic (exact) mass is 463 g/mol. The van der Waals surface area contributed by atoms with Crippen molar-refractivity contribution < 1.29 is 22.3 Å². The number of halogens is 4. The summed E-state index contributed by atoms with van der Waals surface area (Å²) in [5.74, 6) is 2.25. The normalized spacial score (nSPS) is 10.7. The zero-order valence-corrected chi connectivity index (χ0v) is 18.5. The molecule has 3 aromatic carbocycles. The molecule has 0 aliphatic heterocycles. The molecule has 0 saturated carbocycles. The van der Waals surface area contributed by atoms with Crippen molar-refractivity contribution in [3.63, 3.8) is 0 Å². The number of rotatable bonds is 6. The van der Waals surface area contributed by atoms with Gasteiger partial charge < -0.3 is 4.74 Å². The lowest BCUT2D eigenvalue weighted by Gasteiger charge is -2.07. The summed E-state index contributed by atoms with van der Waals surface area (Å²) in [5, 5.41) is 0.544. The molecule has 1 heterocycles. The Morgan fingerprint density at radius 1 is 0.824 bits per heavy atom. The van der Waals surface area contributed by atoms with E-state index in [4.69, 9.17) is 4.74 Å². The number of hydrogen-bond donors (Lipinski definition) is 0. The van der Waals surface area contributed by atoms with Crippen LogP contribution in [0.1, 0.15) is 37.3 Å². The summed E-state index contributed by atoms with van der Waals surface area (Å²) < 4.78 is 62.2. The maximum absolute atomic E-state index is 14.7. The molecule has 0 spiro atoms. The third-order valence-electron chi connectivity index (χ3n) is 5.33. The zero-order chi connectivity index (χ0) is 24.1. The molecule has 6 heteroatoms. The molecule has 0 unspecified atom stereocenters. The van der Waals surface area contributed by atoms with Gasteiger partial charge >= 0.3 is 0 Å². The predicted octanol–water partition coefficient (Wildman–Crippen LogP) is 7.43. The number of benzene rings is 3. The van der Waals surface area contributed by atoms with E-state index in [9.17, 15) is 17.6 Å². The second kappa shape index (κ2) is 10.4. The van der Waals surface area contributed by atoms with Gasteiger partial charge in [0.25, 0.3) is 0 Å². The third kappa shape index (κ3) is 5.20. The molecule has 4 aromatic rings. The molecule has 0 fully saturated rings. The first kappa shape index (κ1) is 23.3. The Morgan fingerprint density at radius 3 is 2.32 bits per heavy atom. The largest absolute Gasteiger partial charge is 0.492 e. The number of aromatic nitrogens is 1. The quantitative estimate of drug-likeness (QED) is 0.169. The number of nitrogens with zero attached hydrogens (tertiary/aromatic N) is 1. The fourth-order valence-electron chi connectivity index (χ4n) is 3.50. The van der Waals surface area contributed by atoms with Gasteiger partial charge in [-0.1, -0.05) is 43.7 Å². The van der Waals surface area contributed by atoms with E-state index in [1.54, 1.807) is 12.1 Å². The first-order valence-corrected chi connectivity index (χ1v) is 10.9. The fraction of sp³-hybridized carbons (Fsp3) is 0.179. The number of hydrogen-bond acceptors (Lipinski definition) is 2. The third-order valence-corrected chi connectivity index (χ3v) is 5.33. The Labute approximate surface area is 195 Å². The summed E-state index contributed by atoms with van der Waals surface area (Å²) in [4.78, 5) is 4.24. The van der Waals surface area contributed by atoms with Crippen molar-refractivity contribution in [2.45, 2.75) is 26.2 Å². The van der Waals surface area contributed by atoms with Crippen LogP contribution >= 0.6 is 0 Å². The van der Waals surface area contributed by atoms with Crippen LogP contribution in [0.2, 0.25) is 0 Å². The lowest BCUT2D eigenvalue weighted by molar-refractivity contribution is 0.305. The van der Waals surface area contributed by atoms with Gasteiger partial charge in [0.15, 0.2) is 11.6 Å². The van der Waals surface area contributed by atoms with Gasteiger partial charge in [0.1, 0.15) is 17.4 Å². The molecular weight excluding hydrogens is 442 g/mol. The van der Waals surface area contributed by atoms with Crippen LogP contribution < -0.4 is 4.74 Å². The lowest BCUT2D eigenvalue weighted by Crippen LogP contribution is -1.98. The molecule has 0 aliphatic carbocycles. The average Bonchev–Trinajstić information content (AvgIpc) is 2.84. The van der Waals surface area contributed by atoms with Gasteiger partial charge in [-0.25, -0.2) is 17.6 Å². The van der Waals surface area contributed by atoms with Crippen LogP contribution in [0.25, 0.3) is 22.0 Å². The van der Waals surface area contributed by atoms with Crippen molar-refractivity contribution in [2.75, 3.05) is 6.61 Å². The number of unbranched alkanes of at least 4 members (excludes halogenated alkanes) is 2. The van der Waals surface area contributed by atoms with E-state index in [0.717, 1.165) is 25.3 Å². The Hall–Kier alpha value is -3.85. The zero-order valence-electron chi connectivity index (χ0n) is 18.5. The van der Waals surface area contributed by atoms with Gasteiger partial charge in [0, 0.05) is 16.5 Å². The van der Waals surface area contributed by atoms with Gasteiger partial charge in [-0.3, -0.25) is 4.98 Å². The minimum atomic E-state index is -0.950. The topological polar surface area (TPSA) is 22.1 Å². The van der Waals surface area contributed by atoms with Crippen molar-refractivity contribution in [2.24, 2.45) is 0 Å². The summed E-state index contributed by atoms with van der Waals surface area (Å²) in [6.45, 7) is 2.70. The standard InChI is InChI=1S/C28H21F4NO/c1-2-3-4-13-34-21-8-12-27(33-17-21)20-15-25(30)23(26(31)16-20)10-6-18-5-9-22-19(14-18)7-11-24(29)28(22)32/h5,7-9,11-12,14-17H,2-4,13H2,1H3. The average molecular weight is 463 g/mol. The van der Waals surface area contributed by atoms with E-state index < -0.39 is 23.3 Å². The Balaban J connectivity index is 1.54. The molecule has 172 valence electrons. The highest BCUT2D eigenvalue weighted by Gasteiger charge is 2.12. The lowest BCUT2D eigenvalue weighted by atomic mass is 10.0. The maximum atomic E-state index is 14.7. The van der Waals surface area contributed by atoms with Crippen molar-refractivity contribution in [1.82, 2.24) is 4.98 Å². The van der Waals surface area contributed by atoms with Gasteiger partial charge in [-0.15, -0.1) is 0 Å². The van der Waals surface area contributed by atoms with E-state index in [2.05, 4.69) is 23.7 Å². The molecular formula is C28H21F4NO. The van der Waals surface area contributed by atoms with Gasteiger partial charge in [-0.05, 0) is 54.3 Å². The van der Waals surface area contributed by atoms with E-state index in [-0.39, 0.29) is 16.5 Å². The highest BCUT2D eigenvalue weighted by molar-refractivity contribution is 5.84. The molecule has 34 heavy (non-hydrogen) atoms. The minimum absolute atomic E-state index is 0.108. The molecule has 2 nitrogen and oxygen atoms in total. The van der Waals surface area contributed by atoms with E-state index in [0.29, 0.717) is 29.0 Å². The van der Waals surface area contributed by atoms with E-state index >= 15 is 0 Å². The summed E-state index contributed by atoms with van der Waals surface area (Å²) in [6.07, 6.45) is 4.66. The highest BCUT2D eigenvalue weighted by Crippen LogP contribution is 2.25. The van der Waals surface area contributed by atoms with Crippen molar-refractivity contribution in [3.8, 4) is 28.8 Å². The molecule has 1 aromatic heterocycles. The van der Waals surface area contributed by atoms with Gasteiger partial charge in [-0.2, -0.15) is 0 Å². The molecule has 0 N–H and O–H groups in total. The summed E-state index contributed by atoms with van der Waals surface area (Å²) in [5.41, 5.74) is 0.714. The molecule has 0 amide bonds. The van der Waals surface area contributed by atoms with Crippen LogP contribution in [0.5, 0.6) is 5.75 Å². The first-order valence-electron chi connectivity index (χ1n) is 10.9. The van der Waals surface area contributed by atoms with Gasteiger partial charge in [0.2, 0.25) is 0 Å². The van der Waals surface area contributed by atoms with E-state index in [1.807, 2.05) is 0 Å². The van der Waals surface area contributed by atoms with Crippen molar-refractivity contribution in [3.05, 3.63) is 95.2 Å². The predicted molar refractivity (Wildman–Crippen MR) is 124 cm³/mol. The maximum Gasteiger partial charge on any atom is 0.166 e. The van der Waals surface area contributed by atoms with Crippen LogP contribution in [-0.4, -0.2) is 11.6 Å². The first-order chi connectivity index (χ1) is 16.5. The van der Waals surface area contributed by atoms with Gasteiger partial charge in [0.05, 0.1) is 24.1 Å². The van der Waals surface area contributed by atoms with Crippen LogP contribution in [0.4, 0.5) is 17.6 Å². The number of pyridine rings is 1. The van der Waals surface area contributed by atoms with Crippen molar-refractivity contribution in [1.29, 1.82) is 0 Å². The summed E-state index contributed by atoms with van der Waals surface area (Å²) in [6, 6.07) is 12.5. The molecule has 0 bridgehead atoms. The van der Waals surface area contributed by atoms with Crippen LogP contribution in [0, 0.1) is 35.1 Å². The number of ether oxygens (including phenoxy) is 1. The van der Waals surface area contributed by atoms with Crippen LogP contribution in [0.3, 0.4) is 0 Å². The van der Waals surface area contributed by atoms with Crippen LogP contribution in [0.15, 0.2) is 60.8 Å². The molecule has 0 radical (unpaired) electrons. The van der Waals surface area contributed by atoms with Crippen LogP contribution in [-0.2, 0) is 0 Å². The Morgan fingerprint density at radius 2 is 1.62 bits per heavy atom. The smallest absolute Gasteiger partial charge is 0.166 e. The molecule has 0 atom stereocenters. The SMILES string of the molecule is CCCCCOc1ccc(-c2cc(F)c(C#Cc3ccc4c(F)c(F)ccc4c3)c(F)c2)nc1. The number of fused-ring (bicyclic) bond motifs is 1. The Kier molecular flexibility index (Phi) is 7.12. The van der Waals surface area contributed by atoms with Crippen molar-refractivity contribution >= 4 is 10.8 Å². The molecule has 0 saturated heterocycles. The van der Waals surface area contributed by atoms with E-state index in [1.165, 1.54) is 42.6 Å². The minimum Gasteiger partial charge on any atom is -0.492 e. The molecule has 4 rings (SSSR count). The highest BCUT2D eigenvalue weighted by atomic mass is 19.2. The molecule has 0 aliphatic rings. The summed E-state index contributed by atoms with van der Waals surface area (Å²) in [7, 11) is 0.